The Morgan fingerprint density at radius 1 is 1.35 bits per heavy atom. The average Bonchev–Trinajstić information content (AvgIpc) is 2.49. The number of aryl methyl sites for hydroxylation is 1. The fourth-order valence-corrected chi connectivity index (χ4v) is 1.52. The Morgan fingerprint density at radius 2 is 2.15 bits per heavy atom. The number of nitrogens with zero attached hydrogens (tertiary/aromatic N) is 3. The number of nitrogens with two attached hydrogens (primary N) is 1. The summed E-state index contributed by atoms with van der Waals surface area (Å²) in [6.07, 6.45) is 4.58. The predicted octanol–water partition coefficient (Wildman–Crippen LogP) is 1.13. The Balaban J connectivity index is 2.16. The predicted molar refractivity (Wildman–Crippen MR) is 73.7 cm³/mol. The standard InChI is InChI=1S/C13H13N5O2/c1-8-4-5-15-7-11(8)17-13(19)10-3-2-9(6-16-10)12(14)18-20/h2-7,20H,1H3,(H2,14,18)(H,17,19). The lowest BCUT2D eigenvalue weighted by molar-refractivity contribution is 0.102. The van der Waals surface area contributed by atoms with Gasteiger partial charge in [-0.3, -0.25) is 14.8 Å². The Hall–Kier alpha value is -2.96. The van der Waals surface area contributed by atoms with E-state index >= 15 is 0 Å². The second-order valence-electron chi connectivity index (χ2n) is 4.06. The lowest BCUT2D eigenvalue weighted by Crippen LogP contribution is -2.17. The molecule has 2 aromatic heterocycles. The molecule has 0 aliphatic carbocycles. The zero-order valence-corrected chi connectivity index (χ0v) is 10.7. The van der Waals surface area contributed by atoms with Crippen molar-refractivity contribution in [1.82, 2.24) is 9.97 Å². The second-order valence-corrected chi connectivity index (χ2v) is 4.06. The molecule has 2 rings (SSSR count). The van der Waals surface area contributed by atoms with Crippen LogP contribution in [0.5, 0.6) is 0 Å². The Labute approximate surface area is 115 Å². The van der Waals surface area contributed by atoms with Crippen LogP contribution in [0.3, 0.4) is 0 Å². The van der Waals surface area contributed by atoms with Crippen molar-refractivity contribution in [2.75, 3.05) is 5.32 Å². The van der Waals surface area contributed by atoms with Crippen LogP contribution >= 0.6 is 0 Å². The fraction of sp³-hybridized carbons (Fsp3) is 0.0769. The molecule has 0 aliphatic heterocycles. The van der Waals surface area contributed by atoms with Gasteiger partial charge in [-0.1, -0.05) is 5.16 Å². The fourth-order valence-electron chi connectivity index (χ4n) is 1.52. The van der Waals surface area contributed by atoms with Gasteiger partial charge in [-0.2, -0.15) is 0 Å². The zero-order valence-electron chi connectivity index (χ0n) is 10.7. The normalized spacial score (nSPS) is 11.2. The van der Waals surface area contributed by atoms with Gasteiger partial charge in [-0.25, -0.2) is 0 Å². The number of aromatic nitrogens is 2. The molecule has 20 heavy (non-hydrogen) atoms. The molecular formula is C13H13N5O2. The second kappa shape index (κ2) is 5.79. The number of hydrogen-bond acceptors (Lipinski definition) is 5. The third-order valence-corrected chi connectivity index (χ3v) is 2.69. The van der Waals surface area contributed by atoms with E-state index in [1.165, 1.54) is 12.3 Å². The van der Waals surface area contributed by atoms with Crippen molar-refractivity contribution >= 4 is 17.4 Å². The molecule has 0 fully saturated rings. The highest BCUT2D eigenvalue weighted by atomic mass is 16.4. The van der Waals surface area contributed by atoms with E-state index in [1.54, 1.807) is 24.5 Å². The number of amides is 1. The summed E-state index contributed by atoms with van der Waals surface area (Å²) in [5, 5.41) is 14.1. The first-order valence-electron chi connectivity index (χ1n) is 5.77. The van der Waals surface area contributed by atoms with E-state index < -0.39 is 0 Å². The van der Waals surface area contributed by atoms with Crippen molar-refractivity contribution in [1.29, 1.82) is 0 Å². The van der Waals surface area contributed by atoms with Crippen molar-refractivity contribution in [3.63, 3.8) is 0 Å². The molecule has 4 N–H and O–H groups in total. The first-order valence-corrected chi connectivity index (χ1v) is 5.77. The van der Waals surface area contributed by atoms with Gasteiger partial charge in [0.2, 0.25) is 0 Å². The quantitative estimate of drug-likeness (QED) is 0.335. The third kappa shape index (κ3) is 2.89. The summed E-state index contributed by atoms with van der Waals surface area (Å²) < 4.78 is 0. The summed E-state index contributed by atoms with van der Waals surface area (Å²) in [6, 6.07) is 4.84. The van der Waals surface area contributed by atoms with Crippen LogP contribution < -0.4 is 11.1 Å². The monoisotopic (exact) mass is 271 g/mol. The lowest BCUT2D eigenvalue weighted by atomic mass is 10.2. The van der Waals surface area contributed by atoms with E-state index in [9.17, 15) is 4.79 Å². The summed E-state index contributed by atoms with van der Waals surface area (Å²) in [7, 11) is 0. The minimum absolute atomic E-state index is 0.0624. The SMILES string of the molecule is Cc1ccncc1NC(=O)c1ccc(C(N)=NO)cn1. The Bertz CT molecular complexity index is 652. The number of nitrogens with one attached hydrogen (secondary N) is 1. The van der Waals surface area contributed by atoms with Gasteiger partial charge >= 0.3 is 0 Å². The van der Waals surface area contributed by atoms with Crippen molar-refractivity contribution in [2.24, 2.45) is 10.9 Å². The van der Waals surface area contributed by atoms with Crippen LogP contribution in [0.25, 0.3) is 0 Å². The smallest absolute Gasteiger partial charge is 0.274 e. The third-order valence-electron chi connectivity index (χ3n) is 2.69. The van der Waals surface area contributed by atoms with Crippen LogP contribution in [0.2, 0.25) is 0 Å². The van der Waals surface area contributed by atoms with Crippen LogP contribution in [0, 0.1) is 6.92 Å². The van der Waals surface area contributed by atoms with Crippen LogP contribution in [0.15, 0.2) is 41.9 Å². The number of pyridine rings is 2. The molecule has 1 amide bonds. The molecule has 0 spiro atoms. The van der Waals surface area contributed by atoms with E-state index in [0.717, 1.165) is 5.56 Å². The first-order chi connectivity index (χ1) is 9.61. The van der Waals surface area contributed by atoms with Gasteiger partial charge < -0.3 is 16.3 Å². The number of oxime groups is 1. The Kier molecular flexibility index (Phi) is 3.90. The maximum Gasteiger partial charge on any atom is 0.274 e. The molecule has 7 nitrogen and oxygen atoms in total. The minimum Gasteiger partial charge on any atom is -0.409 e. The zero-order chi connectivity index (χ0) is 14.5. The van der Waals surface area contributed by atoms with Gasteiger partial charge in [-0.05, 0) is 30.7 Å². The van der Waals surface area contributed by atoms with E-state index in [1.807, 2.05) is 6.92 Å². The van der Waals surface area contributed by atoms with E-state index in [-0.39, 0.29) is 17.4 Å². The summed E-state index contributed by atoms with van der Waals surface area (Å²) in [4.78, 5) is 19.9. The molecule has 2 aromatic rings. The van der Waals surface area contributed by atoms with Gasteiger partial charge in [0.1, 0.15) is 5.69 Å². The maximum absolute atomic E-state index is 12.0. The molecule has 0 aliphatic rings. The topological polar surface area (TPSA) is 113 Å². The molecule has 0 radical (unpaired) electrons. The summed E-state index contributed by atoms with van der Waals surface area (Å²) >= 11 is 0. The molecule has 0 bridgehead atoms. The number of hydrogen-bond donors (Lipinski definition) is 3. The molecule has 7 heteroatoms. The summed E-state index contributed by atoms with van der Waals surface area (Å²) in [6.45, 7) is 1.87. The van der Waals surface area contributed by atoms with Crippen LogP contribution in [0.1, 0.15) is 21.6 Å². The molecule has 0 saturated carbocycles. The summed E-state index contributed by atoms with van der Waals surface area (Å²) in [5.41, 5.74) is 7.60. The van der Waals surface area contributed by atoms with E-state index in [2.05, 4.69) is 20.4 Å². The van der Waals surface area contributed by atoms with E-state index in [0.29, 0.717) is 11.3 Å². The highest BCUT2D eigenvalue weighted by Gasteiger charge is 2.10. The molecule has 0 saturated heterocycles. The molecule has 2 heterocycles. The highest BCUT2D eigenvalue weighted by molar-refractivity contribution is 6.04. The van der Waals surface area contributed by atoms with Crippen molar-refractivity contribution in [3.05, 3.63) is 53.6 Å². The van der Waals surface area contributed by atoms with Crippen molar-refractivity contribution in [2.45, 2.75) is 6.92 Å². The molecular weight excluding hydrogens is 258 g/mol. The number of carbonyl (C=O) groups excluding carboxylic acids is 1. The van der Waals surface area contributed by atoms with Gasteiger partial charge in [0.05, 0.1) is 11.9 Å². The molecule has 0 aromatic carbocycles. The van der Waals surface area contributed by atoms with Crippen LogP contribution in [-0.4, -0.2) is 26.9 Å². The molecule has 102 valence electrons. The number of carbonyl (C=O) groups is 1. The van der Waals surface area contributed by atoms with Crippen LogP contribution in [-0.2, 0) is 0 Å². The first kappa shape index (κ1) is 13.5. The highest BCUT2D eigenvalue weighted by Crippen LogP contribution is 2.12. The van der Waals surface area contributed by atoms with Gasteiger partial charge in [0.15, 0.2) is 5.84 Å². The molecule has 0 atom stereocenters. The number of amidine groups is 1. The number of anilines is 1. The average molecular weight is 271 g/mol. The summed E-state index contributed by atoms with van der Waals surface area (Å²) in [5.74, 6) is -0.417. The minimum atomic E-state index is -0.354. The Morgan fingerprint density at radius 3 is 2.75 bits per heavy atom. The van der Waals surface area contributed by atoms with E-state index in [4.69, 9.17) is 10.9 Å². The van der Waals surface area contributed by atoms with Crippen molar-refractivity contribution < 1.29 is 10.0 Å². The lowest BCUT2D eigenvalue weighted by Gasteiger charge is -2.07. The van der Waals surface area contributed by atoms with Gasteiger partial charge in [-0.15, -0.1) is 0 Å². The van der Waals surface area contributed by atoms with Crippen LogP contribution in [0.4, 0.5) is 5.69 Å². The molecule has 0 unspecified atom stereocenters. The largest absolute Gasteiger partial charge is 0.409 e. The maximum atomic E-state index is 12.0. The van der Waals surface area contributed by atoms with Crippen molar-refractivity contribution in [3.8, 4) is 0 Å². The van der Waals surface area contributed by atoms with Gasteiger partial charge in [0.25, 0.3) is 5.91 Å². The number of rotatable bonds is 3. The van der Waals surface area contributed by atoms with Gasteiger partial charge in [0, 0.05) is 18.0 Å².